The highest BCUT2D eigenvalue weighted by Crippen LogP contribution is 2.70. The Morgan fingerprint density at radius 3 is 2.17 bits per heavy atom. The molecule has 4 saturated carbocycles. The van der Waals surface area contributed by atoms with Gasteiger partial charge in [-0.2, -0.15) is 0 Å². The Morgan fingerprint density at radius 2 is 1.47 bits per heavy atom. The summed E-state index contributed by atoms with van der Waals surface area (Å²) < 4.78 is 29.0. The number of carbonyl (C=O) groups excluding carboxylic acids is 1. The highest BCUT2D eigenvalue weighted by Gasteiger charge is 2.68. The third kappa shape index (κ3) is 5.36. The molecule has 0 radical (unpaired) electrons. The van der Waals surface area contributed by atoms with E-state index in [0.717, 1.165) is 63.4 Å². The summed E-state index contributed by atoms with van der Waals surface area (Å²) >= 11 is 0. The smallest absolute Gasteiger partial charge is 0.331 e. The fraction of sp³-hybridized carbons (Fsp3) is 0.914. The third-order valence-electron chi connectivity index (χ3n) is 14.1. The van der Waals surface area contributed by atoms with Crippen molar-refractivity contribution in [2.75, 3.05) is 6.61 Å². The Bertz CT molecular complexity index is 1230. The van der Waals surface area contributed by atoms with E-state index >= 15 is 0 Å². The van der Waals surface area contributed by atoms with Crippen molar-refractivity contribution in [2.45, 2.75) is 159 Å². The molecule has 0 spiro atoms. The zero-order chi connectivity index (χ0) is 33.6. The molecule has 0 aromatic heterocycles. The summed E-state index contributed by atoms with van der Waals surface area (Å²) in [5.74, 6) is 0.862. The average Bonchev–Trinajstić information content (AvgIpc) is 3.58. The van der Waals surface area contributed by atoms with Gasteiger partial charge in [-0.15, -0.1) is 0 Å². The van der Waals surface area contributed by atoms with Crippen molar-refractivity contribution < 1.29 is 59.1 Å². The first-order valence-corrected chi connectivity index (χ1v) is 17.8. The molecular formula is C35H54O12. The molecule has 6 fully saturated rings. The molecule has 7 rings (SSSR count). The molecule has 4 aliphatic carbocycles. The standard InChI is InChI=1S/C35H54O12/c1-16-25(37)27(39)28(40)31(44-16)47-30-26(38)17(2)45-32(29(30)41)46-20-7-10-33(3)19(14-20)5-6-23-22(33)8-11-34(4)21(9-12-35(23,34)42)18-13-24(36)43-15-18/h13,16-17,19-23,25-32,37-42H,5-12,14-15H2,1-4H3/t16-,17?,19?,20?,21?,22?,23?,25?,26?,27?,28?,29-,30-,31+,32?,33?,34?,35-/m0/s1. The minimum absolute atomic E-state index is 0.0430. The van der Waals surface area contributed by atoms with Crippen molar-refractivity contribution in [2.24, 2.45) is 34.5 Å². The number of hydrogen-bond donors (Lipinski definition) is 6. The van der Waals surface area contributed by atoms with Crippen molar-refractivity contribution in [3.8, 4) is 0 Å². The van der Waals surface area contributed by atoms with E-state index in [1.165, 1.54) is 6.92 Å². The molecule has 266 valence electrons. The van der Waals surface area contributed by atoms with E-state index in [0.29, 0.717) is 18.4 Å². The molecule has 0 bridgehead atoms. The molecule has 18 atom stereocenters. The number of aliphatic hydroxyl groups is 6. The lowest BCUT2D eigenvalue weighted by atomic mass is 9.43. The molecule has 12 heteroatoms. The normalized spacial score (nSPS) is 56.3. The van der Waals surface area contributed by atoms with Gasteiger partial charge in [0.25, 0.3) is 0 Å². The molecule has 0 aromatic rings. The number of carbonyl (C=O) groups is 1. The van der Waals surface area contributed by atoms with Crippen molar-refractivity contribution in [3.63, 3.8) is 0 Å². The van der Waals surface area contributed by atoms with Gasteiger partial charge in [-0.05, 0) is 106 Å². The number of rotatable bonds is 5. The van der Waals surface area contributed by atoms with Gasteiger partial charge in [0.1, 0.15) is 43.2 Å². The minimum Gasteiger partial charge on any atom is -0.458 e. The van der Waals surface area contributed by atoms with Crippen LogP contribution in [-0.4, -0.2) is 116 Å². The summed E-state index contributed by atoms with van der Waals surface area (Å²) in [6.45, 7) is 8.17. The third-order valence-corrected chi connectivity index (χ3v) is 14.1. The van der Waals surface area contributed by atoms with Crippen LogP contribution in [0.15, 0.2) is 11.6 Å². The van der Waals surface area contributed by atoms with Crippen LogP contribution < -0.4 is 0 Å². The molecule has 13 unspecified atom stereocenters. The lowest BCUT2D eigenvalue weighted by molar-refractivity contribution is -0.359. The quantitative estimate of drug-likeness (QED) is 0.183. The highest BCUT2D eigenvalue weighted by molar-refractivity contribution is 5.85. The van der Waals surface area contributed by atoms with Gasteiger partial charge >= 0.3 is 5.97 Å². The Balaban J connectivity index is 1.01. The van der Waals surface area contributed by atoms with Crippen LogP contribution in [0.5, 0.6) is 0 Å². The molecule has 2 saturated heterocycles. The van der Waals surface area contributed by atoms with E-state index in [9.17, 15) is 35.4 Å². The number of fused-ring (bicyclic) bond motifs is 5. The Labute approximate surface area is 276 Å². The maximum absolute atomic E-state index is 12.5. The first kappa shape index (κ1) is 34.3. The number of ether oxygens (including phenoxy) is 5. The van der Waals surface area contributed by atoms with Crippen molar-refractivity contribution in [1.82, 2.24) is 0 Å². The lowest BCUT2D eigenvalue weighted by Crippen LogP contribution is -2.64. The SMILES string of the molecule is CC1OC(OC2CCC3(C)C(CCC4C3CCC3(C)C(C5=CC(=O)OC5)CC[C@]43O)C2)[C@@H](O)[C@@H](O[C@H]2O[C@@H](C)C(O)C(O)C2O)C1O. The monoisotopic (exact) mass is 666 g/mol. The van der Waals surface area contributed by atoms with Crippen LogP contribution in [0.25, 0.3) is 0 Å². The summed E-state index contributed by atoms with van der Waals surface area (Å²) in [5.41, 5.74) is 0.0310. The number of aliphatic hydroxyl groups excluding tert-OH is 5. The average molecular weight is 667 g/mol. The van der Waals surface area contributed by atoms with Gasteiger partial charge in [0.05, 0.1) is 23.9 Å². The lowest BCUT2D eigenvalue weighted by Gasteiger charge is -2.64. The van der Waals surface area contributed by atoms with Crippen molar-refractivity contribution in [3.05, 3.63) is 11.6 Å². The van der Waals surface area contributed by atoms with Crippen molar-refractivity contribution >= 4 is 5.97 Å². The zero-order valence-electron chi connectivity index (χ0n) is 27.9. The molecule has 0 amide bonds. The van der Waals surface area contributed by atoms with Crippen LogP contribution >= 0.6 is 0 Å². The summed E-state index contributed by atoms with van der Waals surface area (Å²) in [7, 11) is 0. The summed E-state index contributed by atoms with van der Waals surface area (Å²) in [5, 5.41) is 65.4. The second-order valence-corrected chi connectivity index (χ2v) is 16.3. The number of hydrogen-bond acceptors (Lipinski definition) is 12. The predicted octanol–water partition coefficient (Wildman–Crippen LogP) is 1.31. The Hall–Kier alpha value is -1.19. The second-order valence-electron chi connectivity index (χ2n) is 16.3. The van der Waals surface area contributed by atoms with E-state index in [1.807, 2.05) is 0 Å². The highest BCUT2D eigenvalue weighted by atomic mass is 16.7. The molecule has 0 aromatic carbocycles. The molecule has 3 heterocycles. The maximum atomic E-state index is 12.5. The molecular weight excluding hydrogens is 612 g/mol. The van der Waals surface area contributed by atoms with Crippen LogP contribution in [-0.2, 0) is 28.5 Å². The zero-order valence-corrected chi connectivity index (χ0v) is 27.9. The molecule has 12 nitrogen and oxygen atoms in total. The van der Waals surface area contributed by atoms with Crippen molar-refractivity contribution in [1.29, 1.82) is 0 Å². The van der Waals surface area contributed by atoms with Crippen LogP contribution in [0.3, 0.4) is 0 Å². The first-order valence-electron chi connectivity index (χ1n) is 17.8. The van der Waals surface area contributed by atoms with Gasteiger partial charge in [0, 0.05) is 11.5 Å². The van der Waals surface area contributed by atoms with Crippen LogP contribution in [0, 0.1) is 34.5 Å². The molecule has 6 N–H and O–H groups in total. The molecule has 7 aliphatic rings. The van der Waals surface area contributed by atoms with Gasteiger partial charge in [0.2, 0.25) is 0 Å². The van der Waals surface area contributed by atoms with Gasteiger partial charge in [-0.25, -0.2) is 4.79 Å². The van der Waals surface area contributed by atoms with E-state index in [2.05, 4.69) is 13.8 Å². The van der Waals surface area contributed by atoms with Gasteiger partial charge in [0.15, 0.2) is 12.6 Å². The number of esters is 1. The van der Waals surface area contributed by atoms with E-state index in [1.54, 1.807) is 13.0 Å². The number of cyclic esters (lactones) is 1. The van der Waals surface area contributed by atoms with E-state index in [4.69, 9.17) is 23.7 Å². The predicted molar refractivity (Wildman–Crippen MR) is 164 cm³/mol. The van der Waals surface area contributed by atoms with Gasteiger partial charge < -0.3 is 54.3 Å². The largest absolute Gasteiger partial charge is 0.458 e. The fourth-order valence-corrected chi connectivity index (χ4v) is 11.2. The topological polar surface area (TPSA) is 185 Å². The Morgan fingerprint density at radius 1 is 0.766 bits per heavy atom. The first-order chi connectivity index (χ1) is 22.2. The van der Waals surface area contributed by atoms with Crippen LogP contribution in [0.4, 0.5) is 0 Å². The molecule has 47 heavy (non-hydrogen) atoms. The van der Waals surface area contributed by atoms with E-state index < -0.39 is 67.0 Å². The van der Waals surface area contributed by atoms with Gasteiger partial charge in [-0.3, -0.25) is 0 Å². The maximum Gasteiger partial charge on any atom is 0.331 e. The second kappa shape index (κ2) is 12.2. The van der Waals surface area contributed by atoms with Gasteiger partial charge in [-0.1, -0.05) is 13.8 Å². The van der Waals surface area contributed by atoms with Crippen LogP contribution in [0.1, 0.15) is 85.5 Å². The summed E-state index contributed by atoms with van der Waals surface area (Å²) in [6.07, 6.45) is -2.82. The minimum atomic E-state index is -1.58. The fourth-order valence-electron chi connectivity index (χ4n) is 11.2. The summed E-state index contributed by atoms with van der Waals surface area (Å²) in [6, 6.07) is 0. The van der Waals surface area contributed by atoms with E-state index in [-0.39, 0.29) is 34.7 Å². The molecule has 3 aliphatic heterocycles. The van der Waals surface area contributed by atoms with Crippen LogP contribution in [0.2, 0.25) is 0 Å². The Kier molecular flexibility index (Phi) is 8.93. The summed E-state index contributed by atoms with van der Waals surface area (Å²) in [4.78, 5) is 11.9.